The van der Waals surface area contributed by atoms with Gasteiger partial charge in [-0.25, -0.2) is 0 Å². The number of hydrogen-bond acceptors (Lipinski definition) is 4. The van der Waals surface area contributed by atoms with Gasteiger partial charge < -0.3 is 15.3 Å². The standard InChI is InChI=1S/C13H26N4O/c1-4-16(5-2)11-13(18)9-14-12(3)10-17-8-6-7-15-17/h6-8,12-14,18H,4-5,9-11H2,1-3H3. The van der Waals surface area contributed by atoms with Gasteiger partial charge in [-0.15, -0.1) is 0 Å². The molecular formula is C13H26N4O. The van der Waals surface area contributed by atoms with Crippen molar-refractivity contribution in [1.82, 2.24) is 20.0 Å². The van der Waals surface area contributed by atoms with Crippen molar-refractivity contribution >= 4 is 0 Å². The van der Waals surface area contributed by atoms with Gasteiger partial charge in [0.25, 0.3) is 0 Å². The van der Waals surface area contributed by atoms with Crippen LogP contribution >= 0.6 is 0 Å². The van der Waals surface area contributed by atoms with E-state index in [0.717, 1.165) is 26.2 Å². The zero-order chi connectivity index (χ0) is 13.4. The summed E-state index contributed by atoms with van der Waals surface area (Å²) in [7, 11) is 0. The highest BCUT2D eigenvalue weighted by Gasteiger charge is 2.10. The lowest BCUT2D eigenvalue weighted by atomic mass is 10.2. The summed E-state index contributed by atoms with van der Waals surface area (Å²) in [5.74, 6) is 0. The maximum atomic E-state index is 9.93. The molecule has 1 aromatic rings. The zero-order valence-corrected chi connectivity index (χ0v) is 11.7. The van der Waals surface area contributed by atoms with Crippen LogP contribution in [-0.4, -0.2) is 58.1 Å². The number of nitrogens with one attached hydrogen (secondary N) is 1. The topological polar surface area (TPSA) is 53.3 Å². The molecule has 0 fully saturated rings. The molecule has 2 N–H and O–H groups in total. The Morgan fingerprint density at radius 1 is 1.39 bits per heavy atom. The molecule has 2 atom stereocenters. The van der Waals surface area contributed by atoms with E-state index in [9.17, 15) is 5.11 Å². The van der Waals surface area contributed by atoms with E-state index < -0.39 is 0 Å². The van der Waals surface area contributed by atoms with Crippen LogP contribution < -0.4 is 5.32 Å². The van der Waals surface area contributed by atoms with Crippen molar-refractivity contribution in [2.24, 2.45) is 0 Å². The van der Waals surface area contributed by atoms with Crippen LogP contribution in [0.4, 0.5) is 0 Å². The van der Waals surface area contributed by atoms with E-state index in [-0.39, 0.29) is 6.10 Å². The maximum Gasteiger partial charge on any atom is 0.0791 e. The predicted octanol–water partition coefficient (Wildman–Crippen LogP) is 0.564. The summed E-state index contributed by atoms with van der Waals surface area (Å²) in [5, 5.41) is 17.4. The number of aromatic nitrogens is 2. The summed E-state index contributed by atoms with van der Waals surface area (Å²) < 4.78 is 1.90. The van der Waals surface area contributed by atoms with Crippen molar-refractivity contribution in [3.05, 3.63) is 18.5 Å². The summed E-state index contributed by atoms with van der Waals surface area (Å²) in [4.78, 5) is 2.23. The number of nitrogens with zero attached hydrogens (tertiary/aromatic N) is 3. The molecule has 0 aliphatic rings. The summed E-state index contributed by atoms with van der Waals surface area (Å²) in [6.07, 6.45) is 3.41. The lowest BCUT2D eigenvalue weighted by Gasteiger charge is -2.23. The number of aliphatic hydroxyl groups is 1. The number of aliphatic hydroxyl groups excluding tert-OH is 1. The van der Waals surface area contributed by atoms with Crippen LogP contribution in [0, 0.1) is 0 Å². The van der Waals surface area contributed by atoms with Crippen LogP contribution in [-0.2, 0) is 6.54 Å². The molecule has 0 aliphatic carbocycles. The molecule has 1 aromatic heterocycles. The van der Waals surface area contributed by atoms with Crippen LogP contribution in [0.1, 0.15) is 20.8 Å². The maximum absolute atomic E-state index is 9.93. The van der Waals surface area contributed by atoms with E-state index in [1.165, 1.54) is 0 Å². The Bertz CT molecular complexity index is 298. The third-order valence-electron chi connectivity index (χ3n) is 3.09. The highest BCUT2D eigenvalue weighted by molar-refractivity contribution is 4.79. The van der Waals surface area contributed by atoms with E-state index in [1.807, 2.05) is 16.9 Å². The van der Waals surface area contributed by atoms with Crippen molar-refractivity contribution in [2.75, 3.05) is 26.2 Å². The highest BCUT2D eigenvalue weighted by Crippen LogP contribution is 1.94. The Morgan fingerprint density at radius 3 is 2.67 bits per heavy atom. The van der Waals surface area contributed by atoms with Gasteiger partial charge in [-0.2, -0.15) is 5.10 Å². The molecular weight excluding hydrogens is 228 g/mol. The first-order chi connectivity index (χ1) is 8.65. The fraction of sp³-hybridized carbons (Fsp3) is 0.769. The third-order valence-corrected chi connectivity index (χ3v) is 3.09. The fourth-order valence-corrected chi connectivity index (χ4v) is 1.94. The quantitative estimate of drug-likeness (QED) is 0.676. The Labute approximate surface area is 110 Å². The number of hydrogen-bond donors (Lipinski definition) is 2. The fourth-order valence-electron chi connectivity index (χ4n) is 1.94. The first kappa shape index (κ1) is 15.1. The minimum atomic E-state index is -0.315. The predicted molar refractivity (Wildman–Crippen MR) is 73.5 cm³/mol. The largest absolute Gasteiger partial charge is 0.390 e. The molecule has 0 amide bonds. The van der Waals surface area contributed by atoms with Crippen LogP contribution in [0.15, 0.2) is 18.5 Å². The molecule has 0 saturated heterocycles. The van der Waals surface area contributed by atoms with Crippen LogP contribution in [0.25, 0.3) is 0 Å². The molecule has 1 rings (SSSR count). The van der Waals surface area contributed by atoms with Gasteiger partial charge in [-0.3, -0.25) is 4.68 Å². The van der Waals surface area contributed by atoms with Crippen LogP contribution in [0.5, 0.6) is 0 Å². The summed E-state index contributed by atoms with van der Waals surface area (Å²) in [6, 6.07) is 2.22. The molecule has 2 unspecified atom stereocenters. The van der Waals surface area contributed by atoms with Gasteiger partial charge in [-0.1, -0.05) is 13.8 Å². The smallest absolute Gasteiger partial charge is 0.0791 e. The molecule has 18 heavy (non-hydrogen) atoms. The Hall–Kier alpha value is -0.910. The van der Waals surface area contributed by atoms with Crippen molar-refractivity contribution in [2.45, 2.75) is 39.5 Å². The third kappa shape index (κ3) is 5.62. The summed E-state index contributed by atoms with van der Waals surface area (Å²) in [5.41, 5.74) is 0. The van der Waals surface area contributed by atoms with Crippen molar-refractivity contribution < 1.29 is 5.11 Å². The second-order valence-electron chi connectivity index (χ2n) is 4.68. The van der Waals surface area contributed by atoms with Gasteiger partial charge in [0, 0.05) is 31.5 Å². The average Bonchev–Trinajstić information content (AvgIpc) is 2.86. The van der Waals surface area contributed by atoms with Gasteiger partial charge in [-0.05, 0) is 26.1 Å². The van der Waals surface area contributed by atoms with E-state index in [4.69, 9.17) is 0 Å². The van der Waals surface area contributed by atoms with Crippen molar-refractivity contribution in [3.63, 3.8) is 0 Å². The molecule has 0 aromatic carbocycles. The molecule has 0 saturated carbocycles. The van der Waals surface area contributed by atoms with Gasteiger partial charge in [0.15, 0.2) is 0 Å². The lowest BCUT2D eigenvalue weighted by molar-refractivity contribution is 0.113. The van der Waals surface area contributed by atoms with Gasteiger partial charge in [0.1, 0.15) is 0 Å². The molecule has 1 heterocycles. The van der Waals surface area contributed by atoms with E-state index in [2.05, 4.69) is 36.1 Å². The molecule has 5 heteroatoms. The van der Waals surface area contributed by atoms with E-state index in [0.29, 0.717) is 12.6 Å². The number of likely N-dealkylation sites (N-methyl/N-ethyl adjacent to an activating group) is 1. The van der Waals surface area contributed by atoms with Crippen molar-refractivity contribution in [1.29, 1.82) is 0 Å². The second kappa shape index (κ2) is 8.24. The van der Waals surface area contributed by atoms with E-state index in [1.54, 1.807) is 6.20 Å². The first-order valence-electron chi connectivity index (χ1n) is 6.76. The molecule has 0 spiro atoms. The van der Waals surface area contributed by atoms with Gasteiger partial charge in [0.2, 0.25) is 0 Å². The Morgan fingerprint density at radius 2 is 2.11 bits per heavy atom. The minimum Gasteiger partial charge on any atom is -0.390 e. The second-order valence-corrected chi connectivity index (χ2v) is 4.68. The minimum absolute atomic E-state index is 0.302. The van der Waals surface area contributed by atoms with Gasteiger partial charge >= 0.3 is 0 Å². The van der Waals surface area contributed by atoms with Gasteiger partial charge in [0.05, 0.1) is 12.6 Å². The number of rotatable bonds is 9. The van der Waals surface area contributed by atoms with E-state index >= 15 is 0 Å². The Kier molecular flexibility index (Phi) is 6.93. The summed E-state index contributed by atoms with van der Waals surface area (Å²) in [6.45, 7) is 10.5. The average molecular weight is 254 g/mol. The highest BCUT2D eigenvalue weighted by atomic mass is 16.3. The monoisotopic (exact) mass is 254 g/mol. The summed E-state index contributed by atoms with van der Waals surface area (Å²) >= 11 is 0. The van der Waals surface area contributed by atoms with Crippen molar-refractivity contribution in [3.8, 4) is 0 Å². The normalized spacial score (nSPS) is 14.9. The Balaban J connectivity index is 2.19. The molecule has 0 radical (unpaired) electrons. The van der Waals surface area contributed by atoms with Crippen LogP contribution in [0.2, 0.25) is 0 Å². The zero-order valence-electron chi connectivity index (χ0n) is 11.7. The van der Waals surface area contributed by atoms with Crippen LogP contribution in [0.3, 0.4) is 0 Å². The SMILES string of the molecule is CCN(CC)CC(O)CNC(C)Cn1cccn1. The lowest BCUT2D eigenvalue weighted by Crippen LogP contribution is -2.42. The molecule has 0 aliphatic heterocycles. The molecule has 0 bridgehead atoms. The molecule has 5 nitrogen and oxygen atoms in total. The first-order valence-corrected chi connectivity index (χ1v) is 6.76. The molecule has 104 valence electrons.